The molecule has 0 bridgehead atoms. The maximum absolute atomic E-state index is 12.6. The summed E-state index contributed by atoms with van der Waals surface area (Å²) in [5.41, 5.74) is 2.33. The smallest absolute Gasteiger partial charge is 0.249 e. The monoisotopic (exact) mass is 438 g/mol. The Morgan fingerprint density at radius 2 is 1.84 bits per heavy atom. The van der Waals surface area contributed by atoms with E-state index >= 15 is 0 Å². The number of ether oxygens (including phenoxy) is 2. The Kier molecular flexibility index (Phi) is 7.07. The largest absolute Gasteiger partial charge is 0.497 e. The van der Waals surface area contributed by atoms with Crippen LogP contribution in [0, 0.1) is 5.92 Å². The van der Waals surface area contributed by atoms with E-state index in [4.69, 9.17) is 9.47 Å². The van der Waals surface area contributed by atoms with Gasteiger partial charge in [-0.3, -0.25) is 9.59 Å². The fourth-order valence-electron chi connectivity index (χ4n) is 4.44. The molecule has 7 heteroatoms. The van der Waals surface area contributed by atoms with E-state index in [-0.39, 0.29) is 30.9 Å². The van der Waals surface area contributed by atoms with Crippen LogP contribution in [-0.2, 0) is 20.9 Å². The topological polar surface area (TPSA) is 88.1 Å². The number of aliphatic hydroxyl groups is 1. The predicted octanol–water partition coefficient (Wildman–Crippen LogP) is 3.28. The number of nitrogens with one attached hydrogen (secondary N) is 1. The highest BCUT2D eigenvalue weighted by Gasteiger charge is 2.34. The summed E-state index contributed by atoms with van der Waals surface area (Å²) in [6, 6.07) is 14.2. The molecule has 1 saturated heterocycles. The first-order valence-electron chi connectivity index (χ1n) is 11.1. The van der Waals surface area contributed by atoms with Crippen LogP contribution < -0.4 is 10.1 Å². The van der Waals surface area contributed by atoms with Gasteiger partial charge >= 0.3 is 0 Å². The number of anilines is 1. The first kappa shape index (κ1) is 22.3. The number of nitrogens with zero attached hydrogens (tertiary/aromatic N) is 1. The molecule has 2 aliphatic rings. The van der Waals surface area contributed by atoms with Crippen molar-refractivity contribution in [2.45, 2.75) is 44.4 Å². The van der Waals surface area contributed by atoms with Gasteiger partial charge in [-0.15, -0.1) is 0 Å². The SMILES string of the molecule is COc1ccc(CN2C(=O)COC[C@@H]2[C@H](O)c2ccc(NC(=O)C3CCCC3)cc2)cc1. The average Bonchev–Trinajstić information content (AvgIpc) is 3.36. The van der Waals surface area contributed by atoms with Crippen molar-refractivity contribution in [3.63, 3.8) is 0 Å². The van der Waals surface area contributed by atoms with Crippen LogP contribution in [0.25, 0.3) is 0 Å². The van der Waals surface area contributed by atoms with Crippen LogP contribution in [0.5, 0.6) is 5.75 Å². The van der Waals surface area contributed by atoms with Crippen LogP contribution in [0.4, 0.5) is 5.69 Å². The van der Waals surface area contributed by atoms with E-state index in [1.54, 1.807) is 36.3 Å². The number of amides is 2. The summed E-state index contributed by atoms with van der Waals surface area (Å²) in [5, 5.41) is 14.0. The van der Waals surface area contributed by atoms with E-state index in [9.17, 15) is 14.7 Å². The van der Waals surface area contributed by atoms with Gasteiger partial charge in [0.2, 0.25) is 11.8 Å². The summed E-state index contributed by atoms with van der Waals surface area (Å²) in [6.07, 6.45) is 3.21. The first-order valence-corrected chi connectivity index (χ1v) is 11.1. The van der Waals surface area contributed by atoms with Crippen molar-refractivity contribution in [3.8, 4) is 5.75 Å². The third-order valence-electron chi connectivity index (χ3n) is 6.36. The zero-order valence-corrected chi connectivity index (χ0v) is 18.3. The summed E-state index contributed by atoms with van der Waals surface area (Å²) < 4.78 is 10.6. The minimum Gasteiger partial charge on any atom is -0.497 e. The van der Waals surface area contributed by atoms with Crippen LogP contribution in [0.1, 0.15) is 42.9 Å². The number of methoxy groups -OCH3 is 1. The van der Waals surface area contributed by atoms with E-state index in [2.05, 4.69) is 5.32 Å². The summed E-state index contributed by atoms with van der Waals surface area (Å²) in [5.74, 6) is 0.750. The maximum Gasteiger partial charge on any atom is 0.249 e. The molecule has 1 aliphatic carbocycles. The number of carbonyl (C=O) groups excluding carboxylic acids is 2. The second-order valence-corrected chi connectivity index (χ2v) is 8.49. The number of carbonyl (C=O) groups is 2. The van der Waals surface area contributed by atoms with E-state index in [1.807, 2.05) is 24.3 Å². The third kappa shape index (κ3) is 5.11. The molecule has 0 spiro atoms. The maximum atomic E-state index is 12.6. The molecule has 2 fully saturated rings. The molecule has 32 heavy (non-hydrogen) atoms. The van der Waals surface area contributed by atoms with E-state index < -0.39 is 12.1 Å². The molecule has 7 nitrogen and oxygen atoms in total. The van der Waals surface area contributed by atoms with Gasteiger partial charge < -0.3 is 24.8 Å². The highest BCUT2D eigenvalue weighted by atomic mass is 16.5. The Hall–Kier alpha value is -2.90. The number of rotatable bonds is 7. The van der Waals surface area contributed by atoms with E-state index in [1.165, 1.54) is 0 Å². The first-order chi connectivity index (χ1) is 15.5. The molecular weight excluding hydrogens is 408 g/mol. The van der Waals surface area contributed by atoms with Crippen molar-refractivity contribution in [2.24, 2.45) is 5.92 Å². The lowest BCUT2D eigenvalue weighted by Crippen LogP contribution is -2.51. The lowest BCUT2D eigenvalue weighted by molar-refractivity contribution is -0.155. The summed E-state index contributed by atoms with van der Waals surface area (Å²) in [4.78, 5) is 26.6. The molecule has 0 unspecified atom stereocenters. The van der Waals surface area contributed by atoms with Crippen molar-refractivity contribution in [1.82, 2.24) is 4.90 Å². The van der Waals surface area contributed by atoms with Crippen LogP contribution in [0.2, 0.25) is 0 Å². The fraction of sp³-hybridized carbons (Fsp3) is 0.440. The van der Waals surface area contributed by atoms with Gasteiger partial charge in [0.25, 0.3) is 0 Å². The van der Waals surface area contributed by atoms with Crippen molar-refractivity contribution in [1.29, 1.82) is 0 Å². The standard InChI is InChI=1S/C25H30N2O5/c1-31-21-12-6-17(7-13-21)14-27-22(15-32-16-23(27)28)24(29)18-8-10-20(11-9-18)26-25(30)19-4-2-3-5-19/h6-13,19,22,24,29H,2-5,14-16H2,1H3,(H,26,30)/t22-,24-/m1/s1. The lowest BCUT2D eigenvalue weighted by Gasteiger charge is -2.38. The highest BCUT2D eigenvalue weighted by Crippen LogP contribution is 2.29. The van der Waals surface area contributed by atoms with Gasteiger partial charge in [-0.2, -0.15) is 0 Å². The molecule has 2 amide bonds. The minimum absolute atomic E-state index is 0.00547. The molecule has 1 heterocycles. The van der Waals surface area contributed by atoms with Gasteiger partial charge in [0.05, 0.1) is 19.8 Å². The normalized spacial score (nSPS) is 20.2. The zero-order valence-electron chi connectivity index (χ0n) is 18.3. The van der Waals surface area contributed by atoms with Crippen molar-refractivity contribution < 1.29 is 24.2 Å². The van der Waals surface area contributed by atoms with Gasteiger partial charge in [-0.1, -0.05) is 37.1 Å². The molecule has 2 aromatic rings. The quantitative estimate of drug-likeness (QED) is 0.693. The van der Waals surface area contributed by atoms with Gasteiger partial charge in [0, 0.05) is 18.2 Å². The van der Waals surface area contributed by atoms with E-state index in [0.717, 1.165) is 37.0 Å². The molecule has 1 saturated carbocycles. The average molecular weight is 439 g/mol. The third-order valence-corrected chi connectivity index (χ3v) is 6.36. The number of aliphatic hydroxyl groups excluding tert-OH is 1. The summed E-state index contributed by atoms with van der Waals surface area (Å²) in [7, 11) is 1.61. The number of morpholine rings is 1. The van der Waals surface area contributed by atoms with Crippen molar-refractivity contribution in [3.05, 3.63) is 59.7 Å². The molecule has 2 atom stereocenters. The molecule has 170 valence electrons. The molecule has 2 N–H and O–H groups in total. The molecule has 1 aliphatic heterocycles. The number of benzene rings is 2. The van der Waals surface area contributed by atoms with Gasteiger partial charge in [0.15, 0.2) is 0 Å². The molecule has 0 aromatic heterocycles. The van der Waals surface area contributed by atoms with E-state index in [0.29, 0.717) is 17.8 Å². The minimum atomic E-state index is -0.905. The highest BCUT2D eigenvalue weighted by molar-refractivity contribution is 5.92. The number of hydrogen-bond donors (Lipinski definition) is 2. The molecule has 0 radical (unpaired) electrons. The lowest BCUT2D eigenvalue weighted by atomic mass is 9.99. The second-order valence-electron chi connectivity index (χ2n) is 8.49. The molecule has 4 rings (SSSR count). The second kappa shape index (κ2) is 10.1. The zero-order chi connectivity index (χ0) is 22.5. The van der Waals surface area contributed by atoms with Gasteiger partial charge in [0.1, 0.15) is 18.5 Å². The van der Waals surface area contributed by atoms with Gasteiger partial charge in [-0.05, 0) is 48.2 Å². The predicted molar refractivity (Wildman–Crippen MR) is 120 cm³/mol. The Labute approximate surface area is 188 Å². The Balaban J connectivity index is 1.43. The van der Waals surface area contributed by atoms with Crippen LogP contribution in [0.15, 0.2) is 48.5 Å². The van der Waals surface area contributed by atoms with Crippen LogP contribution >= 0.6 is 0 Å². The fourth-order valence-corrected chi connectivity index (χ4v) is 4.44. The summed E-state index contributed by atoms with van der Waals surface area (Å²) in [6.45, 7) is 0.637. The van der Waals surface area contributed by atoms with Gasteiger partial charge in [-0.25, -0.2) is 0 Å². The Bertz CT molecular complexity index is 922. The van der Waals surface area contributed by atoms with Crippen LogP contribution in [0.3, 0.4) is 0 Å². The molecule has 2 aromatic carbocycles. The number of hydrogen-bond acceptors (Lipinski definition) is 5. The molecular formula is C25H30N2O5. The van der Waals surface area contributed by atoms with Crippen molar-refractivity contribution >= 4 is 17.5 Å². The van der Waals surface area contributed by atoms with Crippen LogP contribution in [-0.4, -0.2) is 48.2 Å². The Morgan fingerprint density at radius 1 is 1.16 bits per heavy atom. The van der Waals surface area contributed by atoms with Crippen molar-refractivity contribution in [2.75, 3.05) is 25.6 Å². The Morgan fingerprint density at radius 3 is 2.50 bits per heavy atom. The summed E-state index contributed by atoms with van der Waals surface area (Å²) >= 11 is 0.